The summed E-state index contributed by atoms with van der Waals surface area (Å²) in [6, 6.07) is -0.446. The molecule has 1 atom stereocenters. The van der Waals surface area contributed by atoms with Crippen LogP contribution in [0.2, 0.25) is 0 Å². The van der Waals surface area contributed by atoms with Crippen molar-refractivity contribution in [2.75, 3.05) is 0 Å². The zero-order valence-electron chi connectivity index (χ0n) is 11.3. The molecular weight excluding hydrogens is 305 g/mol. The van der Waals surface area contributed by atoms with Crippen molar-refractivity contribution in [2.24, 2.45) is 0 Å². The number of amides is 1. The summed E-state index contributed by atoms with van der Waals surface area (Å²) in [5, 5.41) is 14.5. The van der Waals surface area contributed by atoms with Crippen LogP contribution in [0.5, 0.6) is 0 Å². The number of halogens is 3. The molecule has 22 heavy (non-hydrogen) atoms. The lowest BCUT2D eigenvalue weighted by atomic mass is 10.2. The van der Waals surface area contributed by atoms with Crippen LogP contribution in [0.3, 0.4) is 0 Å². The number of fused-ring (bicyclic) bond motifs is 1. The van der Waals surface area contributed by atoms with Crippen molar-refractivity contribution in [3.8, 4) is 0 Å². The Morgan fingerprint density at radius 3 is 2.73 bits per heavy atom. The molecule has 0 saturated heterocycles. The molecule has 2 rings (SSSR count). The van der Waals surface area contributed by atoms with Crippen molar-refractivity contribution in [1.82, 2.24) is 19.9 Å². The summed E-state index contributed by atoms with van der Waals surface area (Å²) in [6.45, 7) is 1.67. The fourth-order valence-electron chi connectivity index (χ4n) is 1.79. The van der Waals surface area contributed by atoms with E-state index in [0.29, 0.717) is 5.69 Å². The molecule has 2 aromatic rings. The fraction of sp³-hybridized carbons (Fsp3) is 0.333. The van der Waals surface area contributed by atoms with Gasteiger partial charge >= 0.3 is 12.1 Å². The number of nitrogens with zero attached hydrogens (tertiary/aromatic N) is 3. The van der Waals surface area contributed by atoms with Gasteiger partial charge in [0, 0.05) is 11.9 Å². The molecular formula is C12H11F3N4O3. The highest BCUT2D eigenvalue weighted by molar-refractivity contribution is 6.01. The Kier molecular flexibility index (Phi) is 4.02. The van der Waals surface area contributed by atoms with Crippen molar-refractivity contribution in [3.05, 3.63) is 29.7 Å². The van der Waals surface area contributed by atoms with Crippen LogP contribution in [-0.4, -0.2) is 43.8 Å². The van der Waals surface area contributed by atoms with Crippen LogP contribution in [0.25, 0.3) is 5.65 Å². The monoisotopic (exact) mass is 316 g/mol. The molecule has 0 spiro atoms. The zero-order chi connectivity index (χ0) is 16.5. The van der Waals surface area contributed by atoms with Crippen LogP contribution in [0.15, 0.2) is 18.5 Å². The average molecular weight is 316 g/mol. The predicted octanol–water partition coefficient (Wildman–Crippen LogP) is 1.17. The van der Waals surface area contributed by atoms with E-state index in [1.165, 1.54) is 10.7 Å². The van der Waals surface area contributed by atoms with Crippen LogP contribution < -0.4 is 5.32 Å². The number of nitrogens with one attached hydrogen (secondary N) is 1. The molecule has 0 aliphatic rings. The third kappa shape index (κ3) is 3.51. The number of carboxylic acids is 1. The van der Waals surface area contributed by atoms with Crippen molar-refractivity contribution >= 4 is 17.5 Å². The summed E-state index contributed by atoms with van der Waals surface area (Å²) in [6.07, 6.45) is -3.74. The normalized spacial score (nSPS) is 13.1. The highest BCUT2D eigenvalue weighted by atomic mass is 19.4. The first-order valence-corrected chi connectivity index (χ1v) is 6.09. The molecule has 0 fully saturated rings. The van der Waals surface area contributed by atoms with E-state index in [0.717, 1.165) is 6.20 Å². The van der Waals surface area contributed by atoms with Crippen LogP contribution in [0.4, 0.5) is 13.2 Å². The summed E-state index contributed by atoms with van der Waals surface area (Å²) in [7, 11) is 0. The van der Waals surface area contributed by atoms with Gasteiger partial charge in [0.25, 0.3) is 5.91 Å². The number of alkyl halides is 3. The molecule has 10 heteroatoms. The largest absolute Gasteiger partial charge is 0.480 e. The third-order valence-corrected chi connectivity index (χ3v) is 2.79. The van der Waals surface area contributed by atoms with Crippen LogP contribution in [0, 0.1) is 6.92 Å². The molecule has 0 bridgehead atoms. The summed E-state index contributed by atoms with van der Waals surface area (Å²) in [5.74, 6) is -2.75. The number of aryl methyl sites for hydroxylation is 1. The Morgan fingerprint density at radius 1 is 1.45 bits per heavy atom. The number of carbonyl (C=O) groups is 2. The first kappa shape index (κ1) is 15.7. The van der Waals surface area contributed by atoms with Crippen molar-refractivity contribution in [2.45, 2.75) is 25.6 Å². The van der Waals surface area contributed by atoms with Gasteiger partial charge < -0.3 is 10.4 Å². The number of aromatic nitrogens is 3. The van der Waals surface area contributed by atoms with E-state index in [1.54, 1.807) is 13.0 Å². The highest BCUT2D eigenvalue weighted by Crippen LogP contribution is 2.22. The number of carbonyl (C=O) groups excluding carboxylic acids is 1. The van der Waals surface area contributed by atoms with Crippen molar-refractivity contribution in [3.63, 3.8) is 0 Å². The molecule has 1 amide bonds. The minimum Gasteiger partial charge on any atom is -0.480 e. The quantitative estimate of drug-likeness (QED) is 0.882. The maximum absolute atomic E-state index is 12.3. The highest BCUT2D eigenvalue weighted by Gasteiger charge is 2.36. The van der Waals surface area contributed by atoms with Gasteiger partial charge in [-0.3, -0.25) is 4.79 Å². The second kappa shape index (κ2) is 5.62. The first-order chi connectivity index (χ1) is 10.2. The van der Waals surface area contributed by atoms with Crippen LogP contribution >= 0.6 is 0 Å². The number of rotatable bonds is 4. The van der Waals surface area contributed by atoms with E-state index in [2.05, 4.69) is 10.1 Å². The lowest BCUT2D eigenvalue weighted by Gasteiger charge is -2.15. The standard InChI is InChI=1S/C12H11F3N4O3/c1-6-2-3-19-9(17-6)7(5-16-19)10(20)18-8(11(21)22)4-12(13,14)15/h2-3,5,8H,4H2,1H3,(H,18,20)(H,21,22). The molecule has 1 unspecified atom stereocenters. The molecule has 0 radical (unpaired) electrons. The Hall–Kier alpha value is -2.65. The molecule has 0 aliphatic carbocycles. The van der Waals surface area contributed by atoms with Gasteiger partial charge in [0.2, 0.25) is 0 Å². The molecule has 2 N–H and O–H groups in total. The topological polar surface area (TPSA) is 96.6 Å². The van der Waals surface area contributed by atoms with Gasteiger partial charge in [-0.25, -0.2) is 14.3 Å². The Morgan fingerprint density at radius 2 is 2.14 bits per heavy atom. The summed E-state index contributed by atoms with van der Waals surface area (Å²) < 4.78 is 38.2. The molecule has 0 aliphatic heterocycles. The minimum atomic E-state index is -4.72. The van der Waals surface area contributed by atoms with E-state index in [9.17, 15) is 22.8 Å². The molecule has 0 saturated carbocycles. The molecule has 118 valence electrons. The van der Waals surface area contributed by atoms with Gasteiger partial charge in [-0.1, -0.05) is 0 Å². The predicted molar refractivity (Wildman–Crippen MR) is 67.3 cm³/mol. The second-order valence-electron chi connectivity index (χ2n) is 4.58. The van der Waals surface area contributed by atoms with Gasteiger partial charge in [0.15, 0.2) is 5.65 Å². The molecule has 0 aromatic carbocycles. The lowest BCUT2D eigenvalue weighted by Crippen LogP contribution is -2.43. The van der Waals surface area contributed by atoms with E-state index in [4.69, 9.17) is 5.11 Å². The number of aliphatic carboxylic acids is 1. The first-order valence-electron chi connectivity index (χ1n) is 6.09. The van der Waals surface area contributed by atoms with E-state index in [-0.39, 0.29) is 11.2 Å². The molecule has 2 heterocycles. The van der Waals surface area contributed by atoms with Gasteiger partial charge in [-0.05, 0) is 13.0 Å². The van der Waals surface area contributed by atoms with Crippen molar-refractivity contribution < 1.29 is 27.9 Å². The van der Waals surface area contributed by atoms with Gasteiger partial charge in [0.05, 0.1) is 12.6 Å². The van der Waals surface area contributed by atoms with Crippen LogP contribution in [-0.2, 0) is 4.79 Å². The van der Waals surface area contributed by atoms with E-state index < -0.39 is 30.5 Å². The smallest absolute Gasteiger partial charge is 0.391 e. The van der Waals surface area contributed by atoms with E-state index in [1.807, 2.05) is 5.32 Å². The summed E-state index contributed by atoms with van der Waals surface area (Å²) in [5.41, 5.74) is 0.609. The Balaban J connectivity index is 2.25. The average Bonchev–Trinajstić information content (AvgIpc) is 2.79. The van der Waals surface area contributed by atoms with Crippen molar-refractivity contribution in [1.29, 1.82) is 0 Å². The lowest BCUT2D eigenvalue weighted by molar-refractivity contribution is -0.157. The summed E-state index contributed by atoms with van der Waals surface area (Å²) in [4.78, 5) is 26.9. The number of hydrogen-bond donors (Lipinski definition) is 2. The van der Waals surface area contributed by atoms with Gasteiger partial charge in [0.1, 0.15) is 11.6 Å². The Bertz CT molecular complexity index is 726. The second-order valence-corrected chi connectivity index (χ2v) is 4.58. The maximum atomic E-state index is 12.3. The minimum absolute atomic E-state index is 0.0999. The molecule has 2 aromatic heterocycles. The SMILES string of the molecule is Cc1ccn2ncc(C(=O)NC(CC(F)(F)F)C(=O)O)c2n1. The third-order valence-electron chi connectivity index (χ3n) is 2.79. The fourth-order valence-corrected chi connectivity index (χ4v) is 1.79. The number of carboxylic acid groups (broad SMARTS) is 1. The van der Waals surface area contributed by atoms with Crippen LogP contribution in [0.1, 0.15) is 22.5 Å². The van der Waals surface area contributed by atoms with Gasteiger partial charge in [-0.2, -0.15) is 18.3 Å². The maximum Gasteiger partial charge on any atom is 0.391 e. The van der Waals surface area contributed by atoms with E-state index >= 15 is 0 Å². The summed E-state index contributed by atoms with van der Waals surface area (Å²) >= 11 is 0. The number of hydrogen-bond acceptors (Lipinski definition) is 4. The Labute approximate surface area is 121 Å². The van der Waals surface area contributed by atoms with Gasteiger partial charge in [-0.15, -0.1) is 0 Å². The zero-order valence-corrected chi connectivity index (χ0v) is 11.3. The molecule has 7 nitrogen and oxygen atoms in total.